The van der Waals surface area contributed by atoms with E-state index in [4.69, 9.17) is 16.3 Å². The number of carbonyl (C=O) groups is 1. The van der Waals surface area contributed by atoms with Crippen LogP contribution in [0.15, 0.2) is 0 Å². The normalized spacial score (nSPS) is 11.9. The zero-order valence-corrected chi connectivity index (χ0v) is 11.6. The van der Waals surface area contributed by atoms with Crippen LogP contribution in [0, 0.1) is 11.3 Å². The van der Waals surface area contributed by atoms with Gasteiger partial charge in [-0.3, -0.25) is 4.79 Å². The maximum absolute atomic E-state index is 11.6. The van der Waals surface area contributed by atoms with Gasteiger partial charge < -0.3 is 10.1 Å². The molecular weight excluding hydrogens is 226 g/mol. The molecule has 0 aromatic rings. The van der Waals surface area contributed by atoms with Gasteiger partial charge in [0.25, 0.3) is 0 Å². The van der Waals surface area contributed by atoms with Crippen LogP contribution in [0.3, 0.4) is 0 Å². The maximum Gasteiger partial charge on any atom is 0.226 e. The summed E-state index contributed by atoms with van der Waals surface area (Å²) in [5.41, 5.74) is -0.501. The molecule has 0 atom stereocenters. The minimum Gasteiger partial charge on any atom is -0.380 e. The monoisotopic (exact) mass is 249 g/mol. The van der Waals surface area contributed by atoms with Gasteiger partial charge in [-0.1, -0.05) is 13.8 Å². The van der Waals surface area contributed by atoms with Crippen LogP contribution in [0.5, 0.6) is 0 Å². The quantitative estimate of drug-likeness (QED) is 0.530. The van der Waals surface area contributed by atoms with Gasteiger partial charge in [0, 0.05) is 19.0 Å². The molecule has 16 heavy (non-hydrogen) atoms. The zero-order chi connectivity index (χ0) is 12.6. The van der Waals surface area contributed by atoms with E-state index in [0.717, 1.165) is 13.0 Å². The molecule has 0 aromatic heterocycles. The highest BCUT2D eigenvalue weighted by molar-refractivity contribution is 6.19. The molecule has 0 rings (SSSR count). The summed E-state index contributed by atoms with van der Waals surface area (Å²) in [5.74, 6) is 0.965. The minimum atomic E-state index is -0.501. The second-order valence-corrected chi connectivity index (χ2v) is 5.34. The Morgan fingerprint density at radius 2 is 2.00 bits per heavy atom. The first-order valence-corrected chi connectivity index (χ1v) is 6.35. The maximum atomic E-state index is 11.6. The average Bonchev–Trinajstić information content (AvgIpc) is 2.22. The topological polar surface area (TPSA) is 38.3 Å². The Bertz CT molecular complexity index is 205. The van der Waals surface area contributed by atoms with E-state index in [2.05, 4.69) is 19.2 Å². The fourth-order valence-corrected chi connectivity index (χ4v) is 1.08. The van der Waals surface area contributed by atoms with Gasteiger partial charge in [-0.05, 0) is 26.2 Å². The van der Waals surface area contributed by atoms with E-state index in [-0.39, 0.29) is 5.91 Å². The van der Waals surface area contributed by atoms with Gasteiger partial charge >= 0.3 is 0 Å². The van der Waals surface area contributed by atoms with Crippen LogP contribution in [0.1, 0.15) is 34.1 Å². The van der Waals surface area contributed by atoms with Crippen LogP contribution in [0.4, 0.5) is 0 Å². The van der Waals surface area contributed by atoms with E-state index < -0.39 is 5.41 Å². The molecule has 3 nitrogen and oxygen atoms in total. The van der Waals surface area contributed by atoms with Gasteiger partial charge in [-0.15, -0.1) is 11.6 Å². The largest absolute Gasteiger partial charge is 0.380 e. The fraction of sp³-hybridized carbons (Fsp3) is 0.917. The Kier molecular flexibility index (Phi) is 7.77. The van der Waals surface area contributed by atoms with Gasteiger partial charge in [0.15, 0.2) is 0 Å². The lowest BCUT2D eigenvalue weighted by molar-refractivity contribution is -0.128. The van der Waals surface area contributed by atoms with Crippen molar-refractivity contribution in [2.24, 2.45) is 11.3 Å². The molecule has 1 N–H and O–H groups in total. The van der Waals surface area contributed by atoms with Crippen molar-refractivity contribution in [2.75, 3.05) is 25.6 Å². The summed E-state index contributed by atoms with van der Waals surface area (Å²) in [6, 6.07) is 0. The van der Waals surface area contributed by atoms with Gasteiger partial charge in [0.1, 0.15) is 0 Å². The van der Waals surface area contributed by atoms with E-state index >= 15 is 0 Å². The molecule has 96 valence electrons. The number of alkyl halides is 1. The molecule has 0 aliphatic rings. The van der Waals surface area contributed by atoms with Crippen molar-refractivity contribution in [3.8, 4) is 0 Å². The smallest absolute Gasteiger partial charge is 0.226 e. The third kappa shape index (κ3) is 7.07. The third-order valence-corrected chi connectivity index (χ3v) is 2.99. The molecule has 0 aromatic carbocycles. The first-order valence-electron chi connectivity index (χ1n) is 5.82. The standard InChI is InChI=1S/C12H24ClNO2/c1-10(2)5-7-16-8-6-14-11(15)12(3,4)9-13/h10H,5-9H2,1-4H3,(H,14,15). The van der Waals surface area contributed by atoms with Gasteiger partial charge in [0.05, 0.1) is 12.0 Å². The summed E-state index contributed by atoms with van der Waals surface area (Å²) in [7, 11) is 0. The molecule has 0 spiro atoms. The molecule has 0 saturated heterocycles. The highest BCUT2D eigenvalue weighted by Crippen LogP contribution is 2.16. The molecule has 4 heteroatoms. The number of ether oxygens (including phenoxy) is 1. The second kappa shape index (κ2) is 7.91. The summed E-state index contributed by atoms with van der Waals surface area (Å²) in [6.07, 6.45) is 1.06. The molecule has 0 aliphatic heterocycles. The van der Waals surface area contributed by atoms with E-state index in [1.807, 2.05) is 13.8 Å². The molecule has 0 saturated carbocycles. The Morgan fingerprint density at radius 3 is 2.50 bits per heavy atom. The predicted molar refractivity (Wildman–Crippen MR) is 67.8 cm³/mol. The van der Waals surface area contributed by atoms with Crippen LogP contribution >= 0.6 is 11.6 Å². The summed E-state index contributed by atoms with van der Waals surface area (Å²) in [4.78, 5) is 11.6. The molecular formula is C12H24ClNO2. The van der Waals surface area contributed by atoms with Gasteiger partial charge in [-0.25, -0.2) is 0 Å². The zero-order valence-electron chi connectivity index (χ0n) is 10.8. The van der Waals surface area contributed by atoms with Crippen molar-refractivity contribution < 1.29 is 9.53 Å². The molecule has 0 aliphatic carbocycles. The highest BCUT2D eigenvalue weighted by Gasteiger charge is 2.25. The number of amides is 1. The first-order chi connectivity index (χ1) is 7.40. The van der Waals surface area contributed by atoms with Gasteiger partial charge in [-0.2, -0.15) is 0 Å². The van der Waals surface area contributed by atoms with Crippen molar-refractivity contribution in [3.63, 3.8) is 0 Å². The fourth-order valence-electron chi connectivity index (χ4n) is 0.958. The summed E-state index contributed by atoms with van der Waals surface area (Å²) in [6.45, 7) is 9.85. The number of nitrogens with one attached hydrogen (secondary N) is 1. The Balaban J connectivity index is 3.49. The molecule has 0 heterocycles. The number of rotatable bonds is 8. The van der Waals surface area contributed by atoms with E-state index in [1.54, 1.807) is 0 Å². The van der Waals surface area contributed by atoms with Crippen molar-refractivity contribution in [1.82, 2.24) is 5.32 Å². The summed E-state index contributed by atoms with van der Waals surface area (Å²) >= 11 is 5.69. The number of halogens is 1. The van der Waals surface area contributed by atoms with E-state index in [9.17, 15) is 4.79 Å². The average molecular weight is 250 g/mol. The molecule has 0 fully saturated rings. The highest BCUT2D eigenvalue weighted by atomic mass is 35.5. The van der Waals surface area contributed by atoms with Crippen LogP contribution in [0.2, 0.25) is 0 Å². The number of hydrogen-bond acceptors (Lipinski definition) is 2. The van der Waals surface area contributed by atoms with Crippen LogP contribution < -0.4 is 5.32 Å². The lowest BCUT2D eigenvalue weighted by Crippen LogP contribution is -2.39. The van der Waals surface area contributed by atoms with Crippen molar-refractivity contribution >= 4 is 17.5 Å². The number of carbonyl (C=O) groups excluding carboxylic acids is 1. The molecule has 1 amide bonds. The Labute approximate surface area is 104 Å². The summed E-state index contributed by atoms with van der Waals surface area (Å²) in [5, 5.41) is 2.81. The van der Waals surface area contributed by atoms with Gasteiger partial charge in [0.2, 0.25) is 5.91 Å². The van der Waals surface area contributed by atoms with Crippen molar-refractivity contribution in [1.29, 1.82) is 0 Å². The molecule has 0 radical (unpaired) electrons. The van der Waals surface area contributed by atoms with Crippen molar-refractivity contribution in [2.45, 2.75) is 34.1 Å². The Hall–Kier alpha value is -0.280. The van der Waals surface area contributed by atoms with E-state index in [0.29, 0.717) is 24.9 Å². The second-order valence-electron chi connectivity index (χ2n) is 5.07. The van der Waals surface area contributed by atoms with E-state index in [1.165, 1.54) is 0 Å². The number of hydrogen-bond donors (Lipinski definition) is 1. The minimum absolute atomic E-state index is 0.0186. The van der Waals surface area contributed by atoms with Crippen LogP contribution in [-0.2, 0) is 9.53 Å². The molecule has 0 bridgehead atoms. The van der Waals surface area contributed by atoms with Crippen molar-refractivity contribution in [3.05, 3.63) is 0 Å². The first kappa shape index (κ1) is 15.7. The predicted octanol–water partition coefficient (Wildman–Crippen LogP) is 2.43. The lowest BCUT2D eigenvalue weighted by atomic mass is 9.95. The summed E-state index contributed by atoms with van der Waals surface area (Å²) < 4.78 is 5.39. The third-order valence-electron chi connectivity index (χ3n) is 2.32. The lowest BCUT2D eigenvalue weighted by Gasteiger charge is -2.20. The molecule has 0 unspecified atom stereocenters. The Morgan fingerprint density at radius 1 is 1.38 bits per heavy atom. The van der Waals surface area contributed by atoms with Crippen LogP contribution in [-0.4, -0.2) is 31.5 Å². The van der Waals surface area contributed by atoms with Crippen LogP contribution in [0.25, 0.3) is 0 Å². The SMILES string of the molecule is CC(C)CCOCCNC(=O)C(C)(C)CCl.